The summed E-state index contributed by atoms with van der Waals surface area (Å²) >= 11 is 0. The van der Waals surface area contributed by atoms with E-state index in [9.17, 15) is 14.9 Å². The minimum atomic E-state index is -0.591. The number of benzene rings is 1. The molecule has 1 rings (SSSR count). The van der Waals surface area contributed by atoms with Crippen LogP contribution in [0, 0.1) is 10.1 Å². The van der Waals surface area contributed by atoms with Crippen LogP contribution < -0.4 is 16.6 Å². The van der Waals surface area contributed by atoms with Crippen LogP contribution in [0.1, 0.15) is 24.2 Å². The number of nitro groups is 1. The molecule has 1 aromatic carbocycles. The van der Waals surface area contributed by atoms with Gasteiger partial charge in [-0.2, -0.15) is 0 Å². The molecule has 0 atom stereocenters. The highest BCUT2D eigenvalue weighted by Crippen LogP contribution is 2.22. The Bertz CT molecular complexity index is 543. The van der Waals surface area contributed by atoms with Gasteiger partial charge in [0.15, 0.2) is 0 Å². The predicted octanol–water partition coefficient (Wildman–Crippen LogP) is 0.950. The number of rotatable bonds is 6. The molecule has 0 fully saturated rings. The Kier molecular flexibility index (Phi) is 5.23. The zero-order valence-corrected chi connectivity index (χ0v) is 12.6. The summed E-state index contributed by atoms with van der Waals surface area (Å²) in [5.74, 6) is 4.76. The highest BCUT2D eigenvalue weighted by atomic mass is 16.6. The van der Waals surface area contributed by atoms with Crippen molar-refractivity contribution in [3.63, 3.8) is 0 Å². The summed E-state index contributed by atoms with van der Waals surface area (Å²) in [6.07, 6.45) is 0. The van der Waals surface area contributed by atoms with Gasteiger partial charge in [0.1, 0.15) is 5.56 Å². The third-order valence-electron chi connectivity index (χ3n) is 3.50. The van der Waals surface area contributed by atoms with Gasteiger partial charge in [-0.15, -0.1) is 0 Å². The predicted molar refractivity (Wildman–Crippen MR) is 81.0 cm³/mol. The molecule has 0 saturated carbocycles. The molecule has 0 radical (unpaired) electrons. The Morgan fingerprint density at radius 2 is 2.05 bits per heavy atom. The summed E-state index contributed by atoms with van der Waals surface area (Å²) in [6, 6.07) is 4.05. The van der Waals surface area contributed by atoms with E-state index in [1.807, 2.05) is 32.8 Å². The molecule has 0 saturated heterocycles. The van der Waals surface area contributed by atoms with Crippen LogP contribution in [0.3, 0.4) is 0 Å². The van der Waals surface area contributed by atoms with E-state index >= 15 is 0 Å². The highest BCUT2D eigenvalue weighted by Gasteiger charge is 2.25. The number of nitrogens with one attached hydrogen (secondary N) is 2. The topological polar surface area (TPSA) is 114 Å². The van der Waals surface area contributed by atoms with Crippen LogP contribution in [0.15, 0.2) is 18.2 Å². The fourth-order valence-electron chi connectivity index (χ4n) is 1.52. The number of amides is 1. The first kappa shape index (κ1) is 16.9. The number of carbonyl (C=O) groups excluding carboxylic acids is 1. The molecule has 0 bridgehead atoms. The van der Waals surface area contributed by atoms with E-state index in [2.05, 4.69) is 10.7 Å². The summed E-state index contributed by atoms with van der Waals surface area (Å²) < 4.78 is 0. The van der Waals surface area contributed by atoms with E-state index in [1.54, 1.807) is 0 Å². The normalized spacial score (nSPS) is 11.3. The maximum Gasteiger partial charge on any atom is 0.282 e. The number of carbonyl (C=O) groups is 1. The number of hydrogen-bond donors (Lipinski definition) is 3. The number of anilines is 1. The van der Waals surface area contributed by atoms with E-state index in [-0.39, 0.29) is 16.8 Å². The van der Waals surface area contributed by atoms with Crippen molar-refractivity contribution in [3.8, 4) is 0 Å². The third kappa shape index (κ3) is 4.14. The van der Waals surface area contributed by atoms with Crippen LogP contribution >= 0.6 is 0 Å². The van der Waals surface area contributed by atoms with Crippen molar-refractivity contribution >= 4 is 17.3 Å². The highest BCUT2D eigenvalue weighted by molar-refractivity contribution is 5.99. The quantitative estimate of drug-likeness (QED) is 0.409. The van der Waals surface area contributed by atoms with Crippen LogP contribution in [-0.4, -0.2) is 41.9 Å². The number of nitro benzene ring substituents is 1. The van der Waals surface area contributed by atoms with Gasteiger partial charge in [-0.3, -0.25) is 20.8 Å². The molecule has 8 heteroatoms. The largest absolute Gasteiger partial charge is 0.350 e. The van der Waals surface area contributed by atoms with Crippen molar-refractivity contribution < 1.29 is 9.72 Å². The first-order valence-electron chi connectivity index (χ1n) is 6.39. The monoisotopic (exact) mass is 295 g/mol. The molecule has 0 aliphatic heterocycles. The molecule has 116 valence electrons. The second kappa shape index (κ2) is 6.51. The maximum absolute atomic E-state index is 12.2. The molecule has 8 nitrogen and oxygen atoms in total. The fraction of sp³-hybridized carbons (Fsp3) is 0.462. The number of nitrogens with two attached hydrogens (primary N) is 1. The SMILES string of the molecule is CN(C)C(C)(C)CNC(=O)c1cc(NN)ccc1[N+](=O)[O-]. The first-order valence-corrected chi connectivity index (χ1v) is 6.39. The number of nitrogen functional groups attached to an aromatic ring is 1. The number of hydrogen-bond acceptors (Lipinski definition) is 6. The molecule has 0 aromatic heterocycles. The molecular formula is C13H21N5O3. The van der Waals surface area contributed by atoms with Gasteiger partial charge in [0.05, 0.1) is 4.92 Å². The third-order valence-corrected chi connectivity index (χ3v) is 3.50. The summed E-state index contributed by atoms with van der Waals surface area (Å²) in [7, 11) is 3.79. The molecule has 0 heterocycles. The molecule has 0 aliphatic carbocycles. The summed E-state index contributed by atoms with van der Waals surface area (Å²) in [5.41, 5.74) is 2.25. The van der Waals surface area contributed by atoms with Gasteiger partial charge in [-0.1, -0.05) is 0 Å². The van der Waals surface area contributed by atoms with Gasteiger partial charge in [0.25, 0.3) is 11.6 Å². The first-order chi connectivity index (χ1) is 9.69. The lowest BCUT2D eigenvalue weighted by Gasteiger charge is -2.32. The Morgan fingerprint density at radius 3 is 2.52 bits per heavy atom. The molecule has 4 N–H and O–H groups in total. The second-order valence-corrected chi connectivity index (χ2v) is 5.52. The average molecular weight is 295 g/mol. The van der Waals surface area contributed by atoms with Gasteiger partial charge in [-0.05, 0) is 40.1 Å². The van der Waals surface area contributed by atoms with E-state index in [1.165, 1.54) is 18.2 Å². The van der Waals surface area contributed by atoms with Gasteiger partial charge >= 0.3 is 0 Å². The lowest BCUT2D eigenvalue weighted by Crippen LogP contribution is -2.48. The molecular weight excluding hydrogens is 274 g/mol. The summed E-state index contributed by atoms with van der Waals surface area (Å²) in [4.78, 5) is 24.6. The van der Waals surface area contributed by atoms with Crippen molar-refractivity contribution in [1.29, 1.82) is 0 Å². The minimum absolute atomic E-state index is 0.0231. The molecule has 1 amide bonds. The summed E-state index contributed by atoms with van der Waals surface area (Å²) in [6.45, 7) is 4.27. The zero-order chi connectivity index (χ0) is 16.2. The molecule has 0 unspecified atom stereocenters. The van der Waals surface area contributed by atoms with Crippen LogP contribution in [-0.2, 0) is 0 Å². The Morgan fingerprint density at radius 1 is 1.43 bits per heavy atom. The van der Waals surface area contributed by atoms with Crippen LogP contribution in [0.5, 0.6) is 0 Å². The van der Waals surface area contributed by atoms with E-state index < -0.39 is 10.8 Å². The average Bonchev–Trinajstić information content (AvgIpc) is 2.43. The van der Waals surface area contributed by atoms with Crippen molar-refractivity contribution in [2.45, 2.75) is 19.4 Å². The Hall–Kier alpha value is -2.19. The zero-order valence-electron chi connectivity index (χ0n) is 12.6. The van der Waals surface area contributed by atoms with Crippen molar-refractivity contribution in [1.82, 2.24) is 10.2 Å². The molecule has 0 aliphatic rings. The Balaban J connectivity index is 2.98. The van der Waals surface area contributed by atoms with E-state index in [4.69, 9.17) is 5.84 Å². The lowest BCUT2D eigenvalue weighted by molar-refractivity contribution is -0.385. The van der Waals surface area contributed by atoms with Crippen molar-refractivity contribution in [2.24, 2.45) is 5.84 Å². The van der Waals surface area contributed by atoms with Gasteiger partial charge in [0, 0.05) is 23.8 Å². The maximum atomic E-state index is 12.2. The number of likely N-dealkylation sites (N-methyl/N-ethyl adjacent to an activating group) is 1. The lowest BCUT2D eigenvalue weighted by atomic mass is 10.0. The van der Waals surface area contributed by atoms with Gasteiger partial charge < -0.3 is 15.6 Å². The van der Waals surface area contributed by atoms with Crippen LogP contribution in [0.2, 0.25) is 0 Å². The number of nitrogens with zero attached hydrogens (tertiary/aromatic N) is 2. The molecule has 21 heavy (non-hydrogen) atoms. The molecule has 1 aromatic rings. The van der Waals surface area contributed by atoms with Crippen molar-refractivity contribution in [2.75, 3.05) is 26.1 Å². The molecule has 0 spiro atoms. The fourth-order valence-corrected chi connectivity index (χ4v) is 1.52. The van der Waals surface area contributed by atoms with E-state index in [0.29, 0.717) is 12.2 Å². The van der Waals surface area contributed by atoms with Crippen LogP contribution in [0.25, 0.3) is 0 Å². The minimum Gasteiger partial charge on any atom is -0.350 e. The number of hydrazine groups is 1. The second-order valence-electron chi connectivity index (χ2n) is 5.52. The smallest absolute Gasteiger partial charge is 0.282 e. The summed E-state index contributed by atoms with van der Waals surface area (Å²) in [5, 5.41) is 13.7. The van der Waals surface area contributed by atoms with Gasteiger partial charge in [-0.25, -0.2) is 0 Å². The standard InChI is InChI=1S/C13H21N5O3/c1-13(2,17(3)4)8-15-12(19)10-7-9(16-14)5-6-11(10)18(20)21/h5-7,16H,8,14H2,1-4H3,(H,15,19). The van der Waals surface area contributed by atoms with E-state index in [0.717, 1.165) is 0 Å². The van der Waals surface area contributed by atoms with Gasteiger partial charge in [0.2, 0.25) is 0 Å². The Labute approximate surface area is 123 Å². The van der Waals surface area contributed by atoms with Crippen LogP contribution in [0.4, 0.5) is 11.4 Å². The van der Waals surface area contributed by atoms with Crippen molar-refractivity contribution in [3.05, 3.63) is 33.9 Å².